The molecule has 1 aliphatic rings. The zero-order valence-corrected chi connectivity index (χ0v) is 11.1. The zero-order valence-electron chi connectivity index (χ0n) is 11.1. The summed E-state index contributed by atoms with van der Waals surface area (Å²) in [4.78, 5) is 23.5. The molecule has 2 rings (SSSR count). The van der Waals surface area contributed by atoms with Crippen molar-refractivity contribution >= 4 is 11.9 Å². The van der Waals surface area contributed by atoms with Crippen LogP contribution in [-0.4, -0.2) is 35.7 Å². The van der Waals surface area contributed by atoms with Gasteiger partial charge in [0.1, 0.15) is 5.82 Å². The molecule has 1 saturated heterocycles. The number of aliphatic carboxylic acids is 1. The molecular weight excluding hydrogens is 265 g/mol. The topological polar surface area (TPSA) is 75.6 Å². The molecular formula is C14H16FNO4. The Kier molecular flexibility index (Phi) is 4.04. The van der Waals surface area contributed by atoms with E-state index in [1.54, 1.807) is 13.0 Å². The second kappa shape index (κ2) is 5.58. The van der Waals surface area contributed by atoms with E-state index < -0.39 is 29.2 Å². The van der Waals surface area contributed by atoms with Crippen molar-refractivity contribution in [2.75, 3.05) is 13.2 Å². The lowest BCUT2D eigenvalue weighted by atomic mass is 9.95. The molecule has 0 bridgehead atoms. The first kappa shape index (κ1) is 14.5. The fourth-order valence-corrected chi connectivity index (χ4v) is 2.16. The molecule has 1 aliphatic heterocycles. The molecule has 1 aromatic carbocycles. The standard InChI is InChI=1S/C14H16FNO4/c1-9(10-3-2-4-11(15)7-10)12(17)16-14(13(18)19)5-6-20-8-14/h2-4,7,9H,5-6,8H2,1H3,(H,16,17)(H,18,19). The second-order valence-corrected chi connectivity index (χ2v) is 4.96. The number of carbonyl (C=O) groups excluding carboxylic acids is 1. The molecule has 0 spiro atoms. The number of rotatable bonds is 4. The number of amides is 1. The lowest BCUT2D eigenvalue weighted by Gasteiger charge is -2.25. The van der Waals surface area contributed by atoms with E-state index >= 15 is 0 Å². The van der Waals surface area contributed by atoms with E-state index in [1.165, 1.54) is 18.2 Å². The third kappa shape index (κ3) is 2.80. The summed E-state index contributed by atoms with van der Waals surface area (Å²) in [6.07, 6.45) is 0.226. The van der Waals surface area contributed by atoms with Crippen molar-refractivity contribution in [1.82, 2.24) is 5.32 Å². The van der Waals surface area contributed by atoms with Crippen LogP contribution in [0.4, 0.5) is 4.39 Å². The zero-order chi connectivity index (χ0) is 14.8. The van der Waals surface area contributed by atoms with Gasteiger partial charge in [0.15, 0.2) is 5.54 Å². The lowest BCUT2D eigenvalue weighted by Crippen LogP contribution is -2.56. The molecule has 2 N–H and O–H groups in total. The van der Waals surface area contributed by atoms with Crippen LogP contribution in [0, 0.1) is 5.82 Å². The van der Waals surface area contributed by atoms with Crippen molar-refractivity contribution in [3.63, 3.8) is 0 Å². The SMILES string of the molecule is CC(C(=O)NC1(C(=O)O)CCOC1)c1cccc(F)c1. The maximum Gasteiger partial charge on any atom is 0.331 e. The van der Waals surface area contributed by atoms with Crippen LogP contribution >= 0.6 is 0 Å². The molecule has 6 heteroatoms. The molecule has 0 saturated carbocycles. The molecule has 0 aliphatic carbocycles. The maximum absolute atomic E-state index is 13.2. The molecule has 20 heavy (non-hydrogen) atoms. The van der Waals surface area contributed by atoms with Crippen LogP contribution in [0.2, 0.25) is 0 Å². The Morgan fingerprint density at radius 2 is 2.25 bits per heavy atom. The summed E-state index contributed by atoms with van der Waals surface area (Å²) in [6.45, 7) is 1.85. The minimum absolute atomic E-state index is 0.0516. The maximum atomic E-state index is 13.2. The summed E-state index contributed by atoms with van der Waals surface area (Å²) >= 11 is 0. The van der Waals surface area contributed by atoms with Crippen molar-refractivity contribution in [3.8, 4) is 0 Å². The van der Waals surface area contributed by atoms with Gasteiger partial charge in [-0.25, -0.2) is 9.18 Å². The highest BCUT2D eigenvalue weighted by molar-refractivity contribution is 5.90. The Balaban J connectivity index is 2.13. The summed E-state index contributed by atoms with van der Waals surface area (Å²) in [5.41, 5.74) is -0.875. The van der Waals surface area contributed by atoms with Gasteiger partial charge in [0.05, 0.1) is 12.5 Å². The molecule has 1 fully saturated rings. The molecule has 1 aromatic rings. The first-order chi connectivity index (χ1) is 9.44. The number of benzene rings is 1. The minimum Gasteiger partial charge on any atom is -0.479 e. The summed E-state index contributed by atoms with van der Waals surface area (Å²) in [5.74, 6) is -2.64. The van der Waals surface area contributed by atoms with Crippen LogP contribution in [-0.2, 0) is 14.3 Å². The number of halogens is 1. The lowest BCUT2D eigenvalue weighted by molar-refractivity contribution is -0.147. The predicted octanol–water partition coefficient (Wildman–Crippen LogP) is 1.29. The monoisotopic (exact) mass is 281 g/mol. The Bertz CT molecular complexity index is 526. The first-order valence-electron chi connectivity index (χ1n) is 6.33. The summed E-state index contributed by atoms with van der Waals surface area (Å²) in [6, 6.07) is 5.70. The number of hydrogen-bond acceptors (Lipinski definition) is 3. The third-order valence-corrected chi connectivity index (χ3v) is 3.54. The van der Waals surface area contributed by atoms with Crippen molar-refractivity contribution < 1.29 is 23.8 Å². The van der Waals surface area contributed by atoms with E-state index in [0.29, 0.717) is 12.2 Å². The van der Waals surface area contributed by atoms with E-state index in [1.807, 2.05) is 0 Å². The van der Waals surface area contributed by atoms with Gasteiger partial charge >= 0.3 is 5.97 Å². The fraction of sp³-hybridized carbons (Fsp3) is 0.429. The molecule has 2 atom stereocenters. The van der Waals surface area contributed by atoms with Crippen molar-refractivity contribution in [1.29, 1.82) is 0 Å². The molecule has 5 nitrogen and oxygen atoms in total. The van der Waals surface area contributed by atoms with Gasteiger partial charge in [-0.05, 0) is 24.6 Å². The van der Waals surface area contributed by atoms with Gasteiger partial charge in [-0.2, -0.15) is 0 Å². The van der Waals surface area contributed by atoms with Gasteiger partial charge in [0, 0.05) is 13.0 Å². The summed E-state index contributed by atoms with van der Waals surface area (Å²) in [7, 11) is 0. The smallest absolute Gasteiger partial charge is 0.331 e. The summed E-state index contributed by atoms with van der Waals surface area (Å²) < 4.78 is 18.2. The van der Waals surface area contributed by atoms with Crippen LogP contribution in [0.15, 0.2) is 24.3 Å². The highest BCUT2D eigenvalue weighted by Gasteiger charge is 2.44. The Hall–Kier alpha value is -1.95. The molecule has 108 valence electrons. The van der Waals surface area contributed by atoms with Crippen LogP contribution < -0.4 is 5.32 Å². The Morgan fingerprint density at radius 3 is 2.80 bits per heavy atom. The minimum atomic E-state index is -1.38. The second-order valence-electron chi connectivity index (χ2n) is 4.96. The normalized spacial score (nSPS) is 23.3. The van der Waals surface area contributed by atoms with E-state index in [-0.39, 0.29) is 13.0 Å². The van der Waals surface area contributed by atoms with Crippen LogP contribution in [0.25, 0.3) is 0 Å². The van der Waals surface area contributed by atoms with Crippen molar-refractivity contribution in [2.45, 2.75) is 24.8 Å². The van der Waals surface area contributed by atoms with Gasteiger partial charge in [-0.3, -0.25) is 4.79 Å². The van der Waals surface area contributed by atoms with E-state index in [0.717, 1.165) is 0 Å². The van der Waals surface area contributed by atoms with Gasteiger partial charge in [0.25, 0.3) is 0 Å². The molecule has 0 aromatic heterocycles. The fourth-order valence-electron chi connectivity index (χ4n) is 2.16. The largest absolute Gasteiger partial charge is 0.479 e. The summed E-state index contributed by atoms with van der Waals surface area (Å²) in [5, 5.41) is 11.8. The van der Waals surface area contributed by atoms with Gasteiger partial charge in [-0.15, -0.1) is 0 Å². The third-order valence-electron chi connectivity index (χ3n) is 3.54. The van der Waals surface area contributed by atoms with Crippen LogP contribution in [0.1, 0.15) is 24.8 Å². The number of nitrogens with one attached hydrogen (secondary N) is 1. The van der Waals surface area contributed by atoms with Crippen LogP contribution in [0.3, 0.4) is 0 Å². The van der Waals surface area contributed by atoms with Crippen LogP contribution in [0.5, 0.6) is 0 Å². The number of hydrogen-bond donors (Lipinski definition) is 2. The average Bonchev–Trinajstić information content (AvgIpc) is 2.87. The van der Waals surface area contributed by atoms with Crippen molar-refractivity contribution in [3.05, 3.63) is 35.6 Å². The molecule has 1 amide bonds. The van der Waals surface area contributed by atoms with E-state index in [2.05, 4.69) is 5.32 Å². The van der Waals surface area contributed by atoms with E-state index in [9.17, 15) is 19.1 Å². The average molecular weight is 281 g/mol. The molecule has 1 heterocycles. The predicted molar refractivity (Wildman–Crippen MR) is 68.8 cm³/mol. The molecule has 2 unspecified atom stereocenters. The van der Waals surface area contributed by atoms with Crippen molar-refractivity contribution in [2.24, 2.45) is 0 Å². The highest BCUT2D eigenvalue weighted by Crippen LogP contribution is 2.22. The highest BCUT2D eigenvalue weighted by atomic mass is 19.1. The first-order valence-corrected chi connectivity index (χ1v) is 6.33. The Morgan fingerprint density at radius 1 is 1.50 bits per heavy atom. The number of carboxylic acid groups (broad SMARTS) is 1. The van der Waals surface area contributed by atoms with Gasteiger partial charge in [-0.1, -0.05) is 12.1 Å². The number of ether oxygens (including phenoxy) is 1. The van der Waals surface area contributed by atoms with Gasteiger partial charge in [0.2, 0.25) is 5.91 Å². The quantitative estimate of drug-likeness (QED) is 0.872. The van der Waals surface area contributed by atoms with Gasteiger partial charge < -0.3 is 15.2 Å². The number of carbonyl (C=O) groups is 2. The Labute approximate surface area is 115 Å². The molecule has 0 radical (unpaired) electrons. The van der Waals surface area contributed by atoms with E-state index in [4.69, 9.17) is 4.74 Å². The number of carboxylic acids is 1.